The summed E-state index contributed by atoms with van der Waals surface area (Å²) in [5.74, 6) is 0.646. The third-order valence-electron chi connectivity index (χ3n) is 7.79. The van der Waals surface area contributed by atoms with Crippen LogP contribution in [0.1, 0.15) is 59.4 Å². The minimum absolute atomic E-state index is 0.0245. The van der Waals surface area contributed by atoms with Crippen LogP contribution in [0.3, 0.4) is 0 Å². The molecule has 10 heteroatoms. The standard InChI is InChI=1S/C34H43BrN5O3S/c1-33(2,3)43-32(42)39(31-17-16-30-36-22-29(35)40(30)37-31)21-20-38-19-18-25(27(38)23-41)26-14-10-11-15-28(26)44(34(4,5)6)24-12-8-7-9-13-24/h7-17,22,25,27,41H,18-21,23H2,1-6H3/q+1/t25?,27-,44?/m1/s1. The van der Waals surface area contributed by atoms with Crippen molar-refractivity contribution >= 4 is 44.4 Å². The molecule has 4 aromatic rings. The minimum atomic E-state index is -0.658. The van der Waals surface area contributed by atoms with Gasteiger partial charge in [-0.2, -0.15) is 0 Å². The lowest BCUT2D eigenvalue weighted by molar-refractivity contribution is 0.0572. The maximum absolute atomic E-state index is 13.5. The molecule has 1 aliphatic rings. The lowest BCUT2D eigenvalue weighted by Crippen LogP contribution is -2.44. The third kappa shape index (κ3) is 7.14. The van der Waals surface area contributed by atoms with Crippen LogP contribution in [-0.2, 0) is 15.6 Å². The van der Waals surface area contributed by atoms with Gasteiger partial charge in [0, 0.05) is 30.6 Å². The number of halogens is 1. The van der Waals surface area contributed by atoms with Crippen LogP contribution in [0.5, 0.6) is 0 Å². The predicted octanol–water partition coefficient (Wildman–Crippen LogP) is 6.92. The maximum atomic E-state index is 13.5. The van der Waals surface area contributed by atoms with E-state index in [1.54, 1.807) is 21.7 Å². The van der Waals surface area contributed by atoms with Crippen LogP contribution in [0.4, 0.5) is 10.6 Å². The molecule has 1 N–H and O–H groups in total. The lowest BCUT2D eigenvalue weighted by atomic mass is 9.92. The molecule has 2 aromatic heterocycles. The van der Waals surface area contributed by atoms with E-state index in [1.165, 1.54) is 15.4 Å². The zero-order valence-corrected chi connectivity index (χ0v) is 28.8. The van der Waals surface area contributed by atoms with Gasteiger partial charge in [0.2, 0.25) is 0 Å². The Morgan fingerprint density at radius 1 is 1.05 bits per heavy atom. The molecule has 234 valence electrons. The van der Waals surface area contributed by atoms with Gasteiger partial charge in [0.1, 0.15) is 15.0 Å². The highest BCUT2D eigenvalue weighted by Gasteiger charge is 2.44. The largest absolute Gasteiger partial charge is 0.443 e. The Morgan fingerprint density at radius 2 is 1.75 bits per heavy atom. The van der Waals surface area contributed by atoms with E-state index >= 15 is 0 Å². The van der Waals surface area contributed by atoms with Crippen molar-refractivity contribution in [3.63, 3.8) is 0 Å². The summed E-state index contributed by atoms with van der Waals surface area (Å²) in [6, 6.07) is 23.1. The first-order chi connectivity index (χ1) is 20.9. The second kappa shape index (κ2) is 13.2. The molecule has 1 aliphatic heterocycles. The van der Waals surface area contributed by atoms with E-state index in [4.69, 9.17) is 4.74 Å². The summed E-state index contributed by atoms with van der Waals surface area (Å²) < 4.78 is 8.18. The van der Waals surface area contributed by atoms with E-state index in [9.17, 15) is 9.90 Å². The van der Waals surface area contributed by atoms with E-state index < -0.39 is 11.7 Å². The number of likely N-dealkylation sites (tertiary alicyclic amines) is 1. The number of anilines is 1. The van der Waals surface area contributed by atoms with Crippen molar-refractivity contribution in [2.24, 2.45) is 0 Å². The summed E-state index contributed by atoms with van der Waals surface area (Å²) in [4.78, 5) is 24.4. The molecule has 0 spiro atoms. The Hall–Kier alpha value is -2.92. The van der Waals surface area contributed by atoms with Crippen LogP contribution in [0.2, 0.25) is 0 Å². The molecule has 5 rings (SSSR count). The molecule has 3 heterocycles. The number of amides is 1. The van der Waals surface area contributed by atoms with E-state index in [0.717, 1.165) is 13.0 Å². The zero-order valence-electron chi connectivity index (χ0n) is 26.4. The summed E-state index contributed by atoms with van der Waals surface area (Å²) in [6.07, 6.45) is 2.15. The van der Waals surface area contributed by atoms with Gasteiger partial charge in [0.15, 0.2) is 21.3 Å². The average molecular weight is 682 g/mol. The summed E-state index contributed by atoms with van der Waals surface area (Å²) >= 11 is 3.49. The van der Waals surface area contributed by atoms with Crippen molar-refractivity contribution in [3.05, 3.63) is 83.1 Å². The molecule has 44 heavy (non-hydrogen) atoms. The number of hydrogen-bond donors (Lipinski definition) is 1. The Labute approximate surface area is 271 Å². The number of carbonyl (C=O) groups is 1. The molecule has 8 nitrogen and oxygen atoms in total. The Bertz CT molecular complexity index is 1580. The number of fused-ring (bicyclic) bond motifs is 1. The fraction of sp³-hybridized carbons (Fsp3) is 0.441. The number of nitrogens with zero attached hydrogens (tertiary/aromatic N) is 5. The number of aliphatic hydroxyl groups is 1. The first kappa shape index (κ1) is 32.5. The van der Waals surface area contributed by atoms with Gasteiger partial charge in [-0.15, -0.1) is 5.10 Å². The number of rotatable bonds is 8. The van der Waals surface area contributed by atoms with Gasteiger partial charge < -0.3 is 9.84 Å². The molecule has 2 aromatic carbocycles. The molecule has 0 aliphatic carbocycles. The quantitative estimate of drug-likeness (QED) is 0.204. The van der Waals surface area contributed by atoms with Gasteiger partial charge in [-0.05, 0) is 101 Å². The molecule has 3 atom stereocenters. The molecule has 0 bridgehead atoms. The van der Waals surface area contributed by atoms with E-state index in [-0.39, 0.29) is 34.2 Å². The second-order valence-electron chi connectivity index (χ2n) is 13.1. The Kier molecular flexibility index (Phi) is 9.75. The molecule has 2 unspecified atom stereocenters. The summed E-state index contributed by atoms with van der Waals surface area (Å²) in [5.41, 5.74) is 1.32. The highest BCUT2D eigenvalue weighted by molar-refractivity contribution is 9.10. The molecular formula is C34H43BrN5O3S+. The SMILES string of the molecule is CC(C)(C)OC(=O)N(CCN1CCC(c2ccccc2[S+](c2ccccc2)C(C)(C)C)[C@H]1CO)c1ccc2ncc(Br)n2n1. The number of benzene rings is 2. The smallest absolute Gasteiger partial charge is 0.416 e. The van der Waals surface area contributed by atoms with Gasteiger partial charge in [-0.3, -0.25) is 9.80 Å². The second-order valence-corrected chi connectivity index (χ2v) is 16.7. The number of hydrogen-bond acceptors (Lipinski definition) is 6. The van der Waals surface area contributed by atoms with E-state index in [0.29, 0.717) is 29.2 Å². The van der Waals surface area contributed by atoms with Gasteiger partial charge in [-0.1, -0.05) is 36.4 Å². The number of ether oxygens (including phenoxy) is 1. The molecule has 1 saturated heterocycles. The van der Waals surface area contributed by atoms with Gasteiger partial charge >= 0.3 is 6.09 Å². The predicted molar refractivity (Wildman–Crippen MR) is 181 cm³/mol. The molecule has 1 fully saturated rings. The van der Waals surface area contributed by atoms with Crippen LogP contribution in [-0.4, -0.2) is 73.3 Å². The van der Waals surface area contributed by atoms with Crippen LogP contribution in [0.15, 0.2) is 87.3 Å². The van der Waals surface area contributed by atoms with Crippen LogP contribution < -0.4 is 4.90 Å². The van der Waals surface area contributed by atoms with Gasteiger partial charge in [0.25, 0.3) is 0 Å². The highest BCUT2D eigenvalue weighted by atomic mass is 79.9. The maximum Gasteiger partial charge on any atom is 0.416 e. The van der Waals surface area contributed by atoms with Gasteiger partial charge in [-0.25, -0.2) is 14.3 Å². The number of carbonyl (C=O) groups excluding carboxylic acids is 1. The number of aliphatic hydroxyl groups excluding tert-OH is 1. The van der Waals surface area contributed by atoms with Crippen molar-refractivity contribution in [1.82, 2.24) is 19.5 Å². The molecule has 1 amide bonds. The van der Waals surface area contributed by atoms with E-state index in [1.807, 2.05) is 26.8 Å². The number of imidazole rings is 1. The molecule has 0 saturated carbocycles. The monoisotopic (exact) mass is 680 g/mol. The van der Waals surface area contributed by atoms with Crippen LogP contribution in [0, 0.1) is 0 Å². The van der Waals surface area contributed by atoms with E-state index in [2.05, 4.69) is 106 Å². The Morgan fingerprint density at radius 3 is 2.43 bits per heavy atom. The highest BCUT2D eigenvalue weighted by Crippen LogP contribution is 2.42. The lowest BCUT2D eigenvalue weighted by Gasteiger charge is -2.31. The minimum Gasteiger partial charge on any atom is -0.443 e. The zero-order chi connectivity index (χ0) is 31.6. The van der Waals surface area contributed by atoms with Crippen molar-refractivity contribution < 1.29 is 14.6 Å². The Balaban J connectivity index is 1.42. The van der Waals surface area contributed by atoms with Crippen molar-refractivity contribution in [2.45, 2.75) is 80.1 Å². The van der Waals surface area contributed by atoms with Crippen LogP contribution >= 0.6 is 15.9 Å². The van der Waals surface area contributed by atoms with Crippen LogP contribution in [0.25, 0.3) is 5.65 Å². The first-order valence-corrected chi connectivity index (χ1v) is 17.1. The van der Waals surface area contributed by atoms with Crippen molar-refractivity contribution in [3.8, 4) is 0 Å². The fourth-order valence-corrected chi connectivity index (χ4v) is 9.05. The summed E-state index contributed by atoms with van der Waals surface area (Å²) in [6.45, 7) is 14.3. The first-order valence-electron chi connectivity index (χ1n) is 15.1. The van der Waals surface area contributed by atoms with Crippen molar-refractivity contribution in [2.75, 3.05) is 31.1 Å². The van der Waals surface area contributed by atoms with Gasteiger partial charge in [0.05, 0.1) is 23.7 Å². The average Bonchev–Trinajstić information content (AvgIpc) is 3.55. The molecule has 0 radical (unpaired) electrons. The normalized spacial score (nSPS) is 18.5. The van der Waals surface area contributed by atoms with Crippen molar-refractivity contribution in [1.29, 1.82) is 0 Å². The fourth-order valence-electron chi connectivity index (χ4n) is 5.96. The summed E-state index contributed by atoms with van der Waals surface area (Å²) in [5, 5.41) is 15.5. The number of aromatic nitrogens is 3. The topological polar surface area (TPSA) is 83.2 Å². The third-order valence-corrected chi connectivity index (χ3v) is 11.1. The molecular weight excluding hydrogens is 638 g/mol. The summed E-state index contributed by atoms with van der Waals surface area (Å²) in [7, 11) is -0.156.